The predicted octanol–water partition coefficient (Wildman–Crippen LogP) is 3.65. The zero-order valence-electron chi connectivity index (χ0n) is 21.8. The Balaban J connectivity index is 1.46. The third-order valence-corrected chi connectivity index (χ3v) is 7.33. The fourth-order valence-corrected chi connectivity index (χ4v) is 5.37. The van der Waals surface area contributed by atoms with E-state index in [1.54, 1.807) is 12.1 Å². The Morgan fingerprint density at radius 1 is 1.18 bits per heavy atom. The highest BCUT2D eigenvalue weighted by Crippen LogP contribution is 2.31. The number of carbonyl (C=O) groups excluding carboxylic acids is 3. The van der Waals surface area contributed by atoms with Crippen LogP contribution in [-0.2, 0) is 22.4 Å². The maximum Gasteiger partial charge on any atom is 0.270 e. The molecular weight excluding hydrogens is 511 g/mol. The molecule has 2 N–H and O–H groups in total. The number of fused-ring (bicyclic) bond motifs is 1. The number of aliphatic hydroxyl groups is 1. The third-order valence-electron chi connectivity index (χ3n) is 6.29. The number of aromatic nitrogens is 1. The Morgan fingerprint density at radius 3 is 2.68 bits per heavy atom. The van der Waals surface area contributed by atoms with Crippen LogP contribution in [0.5, 0.6) is 5.75 Å². The van der Waals surface area contributed by atoms with Gasteiger partial charge in [-0.05, 0) is 30.2 Å². The van der Waals surface area contributed by atoms with Gasteiger partial charge in [0.05, 0.1) is 36.6 Å². The van der Waals surface area contributed by atoms with Crippen LogP contribution in [-0.4, -0.2) is 63.6 Å². The number of hydrogen-bond acceptors (Lipinski definition) is 8. The van der Waals surface area contributed by atoms with E-state index in [2.05, 4.69) is 10.3 Å². The largest absolute Gasteiger partial charge is 0.491 e. The normalized spacial score (nSPS) is 19.0. The van der Waals surface area contributed by atoms with Crippen LogP contribution >= 0.6 is 11.8 Å². The van der Waals surface area contributed by atoms with Crippen molar-refractivity contribution in [3.05, 3.63) is 58.2 Å². The van der Waals surface area contributed by atoms with E-state index >= 15 is 0 Å². The number of thioether (sulfide) groups is 1. The lowest BCUT2D eigenvalue weighted by atomic mass is 9.99. The van der Waals surface area contributed by atoms with Crippen molar-refractivity contribution < 1.29 is 33.4 Å². The van der Waals surface area contributed by atoms with Gasteiger partial charge in [-0.3, -0.25) is 14.4 Å². The Kier molecular flexibility index (Phi) is 8.85. The molecule has 0 spiro atoms. The van der Waals surface area contributed by atoms with Crippen molar-refractivity contribution in [2.75, 3.05) is 19.8 Å². The van der Waals surface area contributed by atoms with Crippen molar-refractivity contribution in [1.29, 1.82) is 0 Å². The molecule has 204 valence electrons. The average Bonchev–Trinajstić information content (AvgIpc) is 3.32. The van der Waals surface area contributed by atoms with Crippen LogP contribution in [0.1, 0.15) is 77.7 Å². The fourth-order valence-electron chi connectivity index (χ4n) is 4.48. The zero-order valence-corrected chi connectivity index (χ0v) is 22.7. The molecule has 1 aromatic heterocycles. The summed E-state index contributed by atoms with van der Waals surface area (Å²) in [5.41, 5.74) is 2.11. The van der Waals surface area contributed by atoms with E-state index in [1.165, 1.54) is 23.9 Å². The lowest BCUT2D eigenvalue weighted by Crippen LogP contribution is -2.48. The number of halogens is 1. The first-order valence-corrected chi connectivity index (χ1v) is 13.6. The molecular formula is C28H33FN2O6S. The quantitative estimate of drug-likeness (QED) is 0.484. The number of carbonyl (C=O) groups is 3. The molecule has 0 bridgehead atoms. The van der Waals surface area contributed by atoms with Crippen LogP contribution in [0, 0.1) is 5.82 Å². The molecule has 1 aromatic carbocycles. The van der Waals surface area contributed by atoms with Crippen LogP contribution in [0.4, 0.5) is 4.39 Å². The number of pyridine rings is 1. The standard InChI is InChI=1S/C28H33FN2O6S/c1-28(2,3)38-25(34)7-6-23(32)18-5-4-16(13-19(18)29)12-17-14-22(30-21-9-11-37-26(17)21)27(35)31-20-8-10-36-15-24(20)33/h4-5,13-14,20,24,33H,6-12,15H2,1-3H3,(H,31,35)/t20-,24-/m0/s1. The molecule has 10 heteroatoms. The second-order valence-electron chi connectivity index (χ2n) is 10.6. The summed E-state index contributed by atoms with van der Waals surface area (Å²) >= 11 is 1.18. The second-order valence-corrected chi connectivity index (χ2v) is 12.4. The van der Waals surface area contributed by atoms with Gasteiger partial charge in [-0.15, -0.1) is 0 Å². The number of ether oxygens (including phenoxy) is 2. The van der Waals surface area contributed by atoms with E-state index in [4.69, 9.17) is 9.47 Å². The highest BCUT2D eigenvalue weighted by atomic mass is 32.2. The summed E-state index contributed by atoms with van der Waals surface area (Å²) in [7, 11) is 0. The molecule has 2 atom stereocenters. The molecule has 3 heterocycles. The van der Waals surface area contributed by atoms with E-state index < -0.39 is 29.7 Å². The monoisotopic (exact) mass is 544 g/mol. The number of ketones is 1. The second kappa shape index (κ2) is 11.9. The first kappa shape index (κ1) is 28.2. The highest BCUT2D eigenvalue weighted by Gasteiger charge is 2.28. The first-order chi connectivity index (χ1) is 18.0. The van der Waals surface area contributed by atoms with Gasteiger partial charge in [0.2, 0.25) is 0 Å². The van der Waals surface area contributed by atoms with E-state index in [9.17, 15) is 23.9 Å². The van der Waals surface area contributed by atoms with E-state index in [0.29, 0.717) is 48.6 Å². The number of nitrogens with zero attached hydrogens (tertiary/aromatic N) is 1. The Labute approximate surface area is 225 Å². The van der Waals surface area contributed by atoms with Crippen molar-refractivity contribution >= 4 is 28.6 Å². The number of hydrogen-bond donors (Lipinski definition) is 2. The number of nitrogens with one attached hydrogen (secondary N) is 1. The number of aliphatic hydroxyl groups excluding tert-OH is 1. The lowest BCUT2D eigenvalue weighted by Gasteiger charge is -2.28. The van der Waals surface area contributed by atoms with Gasteiger partial charge >= 0.3 is 0 Å². The smallest absolute Gasteiger partial charge is 0.270 e. The van der Waals surface area contributed by atoms with E-state index in [0.717, 1.165) is 0 Å². The third kappa shape index (κ3) is 7.18. The molecule has 8 nitrogen and oxygen atoms in total. The molecule has 1 saturated heterocycles. The van der Waals surface area contributed by atoms with Crippen molar-refractivity contribution in [2.45, 2.75) is 69.8 Å². The summed E-state index contributed by atoms with van der Waals surface area (Å²) in [4.78, 5) is 42.0. The van der Waals surface area contributed by atoms with Crippen molar-refractivity contribution in [2.24, 2.45) is 0 Å². The molecule has 2 aliphatic heterocycles. The summed E-state index contributed by atoms with van der Waals surface area (Å²) in [5.74, 6) is -0.887. The fraction of sp³-hybridized carbons (Fsp3) is 0.500. The molecule has 4 rings (SSSR count). The van der Waals surface area contributed by atoms with Crippen molar-refractivity contribution in [3.63, 3.8) is 0 Å². The summed E-state index contributed by atoms with van der Waals surface area (Å²) in [6.45, 7) is 6.82. The van der Waals surface area contributed by atoms with Crippen LogP contribution in [0.15, 0.2) is 24.3 Å². The molecule has 0 radical (unpaired) electrons. The summed E-state index contributed by atoms with van der Waals surface area (Å²) in [5, 5.41) is 12.8. The molecule has 0 saturated carbocycles. The van der Waals surface area contributed by atoms with E-state index in [1.807, 2.05) is 20.8 Å². The van der Waals surface area contributed by atoms with Gasteiger partial charge in [0.25, 0.3) is 5.91 Å². The maximum absolute atomic E-state index is 14.9. The summed E-state index contributed by atoms with van der Waals surface area (Å²) in [6, 6.07) is 5.62. The number of rotatable bonds is 8. The molecule has 0 unspecified atom stereocenters. The van der Waals surface area contributed by atoms with Gasteiger partial charge in [0, 0.05) is 42.6 Å². The van der Waals surface area contributed by atoms with Gasteiger partial charge in [-0.2, -0.15) is 0 Å². The predicted molar refractivity (Wildman–Crippen MR) is 141 cm³/mol. The Bertz CT molecular complexity index is 1230. The Morgan fingerprint density at radius 2 is 1.97 bits per heavy atom. The minimum absolute atomic E-state index is 0.0476. The Hall–Kier alpha value is -2.82. The van der Waals surface area contributed by atoms with E-state index in [-0.39, 0.29) is 47.0 Å². The number of Topliss-reactive ketones (excluding diaryl/α,β-unsaturated/α-hetero) is 1. The van der Waals surface area contributed by atoms with Gasteiger partial charge < -0.3 is 19.9 Å². The molecule has 38 heavy (non-hydrogen) atoms. The molecule has 1 amide bonds. The number of amides is 1. The van der Waals surface area contributed by atoms with Crippen molar-refractivity contribution in [1.82, 2.24) is 10.3 Å². The average molecular weight is 545 g/mol. The van der Waals surface area contributed by atoms with Crippen molar-refractivity contribution in [3.8, 4) is 5.75 Å². The lowest BCUT2D eigenvalue weighted by molar-refractivity contribution is -0.111. The molecule has 2 aliphatic rings. The van der Waals surface area contributed by atoms with Gasteiger partial charge in [0.1, 0.15) is 17.3 Å². The summed E-state index contributed by atoms with van der Waals surface area (Å²) < 4.78 is 25.7. The topological polar surface area (TPSA) is 115 Å². The molecule has 0 aliphatic carbocycles. The molecule has 2 aromatic rings. The zero-order chi connectivity index (χ0) is 27.4. The van der Waals surface area contributed by atoms with Crippen LogP contribution < -0.4 is 10.1 Å². The van der Waals surface area contributed by atoms with Crippen LogP contribution in [0.25, 0.3) is 0 Å². The first-order valence-electron chi connectivity index (χ1n) is 12.8. The minimum atomic E-state index is -0.788. The van der Waals surface area contributed by atoms with Crippen LogP contribution in [0.3, 0.4) is 0 Å². The minimum Gasteiger partial charge on any atom is -0.491 e. The SMILES string of the molecule is CC(C)(C)SC(=O)CCC(=O)c1ccc(Cc2cc(C(=O)N[C@H]3CCOC[C@@H]3O)nc3c2OCC3)cc1F. The number of benzene rings is 1. The highest BCUT2D eigenvalue weighted by molar-refractivity contribution is 8.14. The van der Waals surface area contributed by atoms with Gasteiger partial charge in [-0.1, -0.05) is 38.6 Å². The summed E-state index contributed by atoms with van der Waals surface area (Å²) in [6.07, 6.45) is 0.544. The van der Waals surface area contributed by atoms with Crippen LogP contribution in [0.2, 0.25) is 0 Å². The van der Waals surface area contributed by atoms with Gasteiger partial charge in [0.15, 0.2) is 10.9 Å². The molecule has 1 fully saturated rings. The van der Waals surface area contributed by atoms with Gasteiger partial charge in [-0.25, -0.2) is 9.37 Å². The maximum atomic E-state index is 14.9.